The molecule has 1 fully saturated rings. The van der Waals surface area contributed by atoms with Gasteiger partial charge in [-0.2, -0.15) is 9.78 Å². The first-order valence-corrected chi connectivity index (χ1v) is 8.49. The Bertz CT molecular complexity index is 798. The van der Waals surface area contributed by atoms with Gasteiger partial charge in [0.2, 0.25) is 5.91 Å². The molecule has 0 N–H and O–H groups in total. The summed E-state index contributed by atoms with van der Waals surface area (Å²) in [6, 6.07) is 6.52. The summed E-state index contributed by atoms with van der Waals surface area (Å²) in [6.45, 7) is 4.41. The molecule has 0 unspecified atom stereocenters. The molecule has 1 aliphatic rings. The van der Waals surface area contributed by atoms with Crippen molar-refractivity contribution in [1.29, 1.82) is 0 Å². The largest absolute Gasteiger partial charge is 0.344 e. The predicted molar refractivity (Wildman–Crippen MR) is 95.4 cm³/mol. The van der Waals surface area contributed by atoms with Crippen LogP contribution in [-0.2, 0) is 11.3 Å². The molecule has 2 aromatic rings. The smallest absolute Gasteiger partial charge is 0.320 e. The van der Waals surface area contributed by atoms with Crippen molar-refractivity contribution in [2.45, 2.75) is 13.5 Å². The van der Waals surface area contributed by atoms with E-state index < -0.39 is 0 Å². The van der Waals surface area contributed by atoms with Gasteiger partial charge in [0.05, 0.1) is 18.1 Å². The maximum absolute atomic E-state index is 13.8. The highest BCUT2D eigenvalue weighted by molar-refractivity contribution is 5.91. The van der Waals surface area contributed by atoms with Gasteiger partial charge in [0.25, 0.3) is 0 Å². The maximum Gasteiger partial charge on any atom is 0.344 e. The van der Waals surface area contributed by atoms with Crippen LogP contribution in [-0.4, -0.2) is 64.7 Å². The number of rotatable bonds is 3. The first-order valence-electron chi connectivity index (χ1n) is 8.49. The van der Waals surface area contributed by atoms with Crippen molar-refractivity contribution < 1.29 is 14.0 Å². The Kier molecular flexibility index (Phi) is 5.32. The van der Waals surface area contributed by atoms with Crippen LogP contribution in [0.2, 0.25) is 0 Å². The Morgan fingerprint density at radius 1 is 1.19 bits per heavy atom. The second-order valence-electron chi connectivity index (χ2n) is 6.36. The van der Waals surface area contributed by atoms with Crippen LogP contribution in [0.15, 0.2) is 36.7 Å². The van der Waals surface area contributed by atoms with Gasteiger partial charge in [-0.3, -0.25) is 9.69 Å². The third kappa shape index (κ3) is 3.91. The molecule has 0 radical (unpaired) electrons. The molecular weight excluding hydrogens is 337 g/mol. The average Bonchev–Trinajstić information content (AvgIpc) is 3.13. The predicted octanol–water partition coefficient (Wildman–Crippen LogP) is 1.79. The van der Waals surface area contributed by atoms with Gasteiger partial charge in [-0.25, -0.2) is 9.18 Å². The highest BCUT2D eigenvalue weighted by Crippen LogP contribution is 2.14. The number of anilines is 1. The summed E-state index contributed by atoms with van der Waals surface area (Å²) >= 11 is 0. The van der Waals surface area contributed by atoms with Crippen molar-refractivity contribution >= 4 is 17.6 Å². The molecule has 138 valence electrons. The molecule has 0 spiro atoms. The minimum atomic E-state index is -0.223. The SMILES string of the molecule is CC(=O)N(C)c1cnn(C(=O)N2CCN(Cc3ccccc3F)CC2)c1. The lowest BCUT2D eigenvalue weighted by Crippen LogP contribution is -2.49. The number of carbonyl (C=O) groups excluding carboxylic acids is 2. The molecule has 2 amide bonds. The minimum Gasteiger partial charge on any atom is -0.320 e. The van der Waals surface area contributed by atoms with E-state index in [1.807, 2.05) is 6.07 Å². The first-order chi connectivity index (χ1) is 12.5. The lowest BCUT2D eigenvalue weighted by atomic mass is 10.2. The molecule has 3 rings (SSSR count). The summed E-state index contributed by atoms with van der Waals surface area (Å²) in [5.74, 6) is -0.330. The van der Waals surface area contributed by atoms with Crippen molar-refractivity contribution in [3.63, 3.8) is 0 Å². The molecule has 0 bridgehead atoms. The van der Waals surface area contributed by atoms with Gasteiger partial charge in [-0.05, 0) is 6.07 Å². The molecule has 1 aromatic heterocycles. The molecule has 0 saturated carbocycles. The van der Waals surface area contributed by atoms with E-state index in [0.29, 0.717) is 44.0 Å². The zero-order valence-corrected chi connectivity index (χ0v) is 14.9. The van der Waals surface area contributed by atoms with Crippen LogP contribution in [0.1, 0.15) is 12.5 Å². The molecule has 0 aliphatic carbocycles. The Morgan fingerprint density at radius 2 is 1.88 bits per heavy atom. The number of hydrogen-bond acceptors (Lipinski definition) is 4. The summed E-state index contributed by atoms with van der Waals surface area (Å²) in [5.41, 5.74) is 1.24. The highest BCUT2D eigenvalue weighted by Gasteiger charge is 2.23. The molecule has 1 aliphatic heterocycles. The quantitative estimate of drug-likeness (QED) is 0.838. The Hall–Kier alpha value is -2.74. The van der Waals surface area contributed by atoms with Gasteiger partial charge in [0.1, 0.15) is 5.82 Å². The molecule has 7 nitrogen and oxygen atoms in total. The van der Waals surface area contributed by atoms with Crippen LogP contribution in [0.5, 0.6) is 0 Å². The van der Waals surface area contributed by atoms with Gasteiger partial charge >= 0.3 is 6.03 Å². The molecule has 2 heterocycles. The summed E-state index contributed by atoms with van der Waals surface area (Å²) in [4.78, 5) is 29.2. The topological polar surface area (TPSA) is 61.7 Å². The zero-order valence-electron chi connectivity index (χ0n) is 14.9. The number of aromatic nitrogens is 2. The van der Waals surface area contributed by atoms with E-state index in [2.05, 4.69) is 10.00 Å². The molecular formula is C18H22FN5O2. The summed E-state index contributed by atoms with van der Waals surface area (Å²) in [5, 5.41) is 4.06. The second kappa shape index (κ2) is 7.65. The van der Waals surface area contributed by atoms with Crippen LogP contribution in [0.4, 0.5) is 14.9 Å². The second-order valence-corrected chi connectivity index (χ2v) is 6.36. The van der Waals surface area contributed by atoms with Gasteiger partial charge in [-0.15, -0.1) is 0 Å². The van der Waals surface area contributed by atoms with Gasteiger partial charge in [0, 0.05) is 52.3 Å². The number of halogens is 1. The third-order valence-corrected chi connectivity index (χ3v) is 4.62. The van der Waals surface area contributed by atoms with Crippen molar-refractivity contribution in [2.75, 3.05) is 38.1 Å². The van der Waals surface area contributed by atoms with Gasteiger partial charge in [0.15, 0.2) is 0 Å². The fourth-order valence-electron chi connectivity index (χ4n) is 2.88. The first kappa shape index (κ1) is 18.1. The lowest BCUT2D eigenvalue weighted by molar-refractivity contribution is -0.116. The van der Waals surface area contributed by atoms with E-state index in [1.165, 1.54) is 28.8 Å². The average molecular weight is 359 g/mol. The van der Waals surface area contributed by atoms with E-state index in [9.17, 15) is 14.0 Å². The van der Waals surface area contributed by atoms with E-state index in [1.54, 1.807) is 30.3 Å². The van der Waals surface area contributed by atoms with Gasteiger partial charge in [-0.1, -0.05) is 18.2 Å². The summed E-state index contributed by atoms with van der Waals surface area (Å²) in [6.07, 6.45) is 3.04. The molecule has 0 atom stereocenters. The van der Waals surface area contributed by atoms with Crippen LogP contribution in [0.25, 0.3) is 0 Å². The van der Waals surface area contributed by atoms with Crippen LogP contribution in [0.3, 0.4) is 0 Å². The standard InChI is InChI=1S/C18H22FN5O2/c1-14(25)21(2)16-11-20-24(13-16)18(26)23-9-7-22(8-10-23)12-15-5-3-4-6-17(15)19/h3-6,11,13H,7-10,12H2,1-2H3. The molecule has 26 heavy (non-hydrogen) atoms. The number of amides is 2. The normalized spacial score (nSPS) is 15.1. The fourth-order valence-corrected chi connectivity index (χ4v) is 2.88. The van der Waals surface area contributed by atoms with Crippen LogP contribution >= 0.6 is 0 Å². The number of nitrogens with zero attached hydrogens (tertiary/aromatic N) is 5. The van der Waals surface area contributed by atoms with Crippen molar-refractivity contribution in [3.05, 3.63) is 48.0 Å². The highest BCUT2D eigenvalue weighted by atomic mass is 19.1. The number of hydrogen-bond donors (Lipinski definition) is 0. The summed E-state index contributed by atoms with van der Waals surface area (Å²) < 4.78 is 15.0. The van der Waals surface area contributed by atoms with E-state index in [4.69, 9.17) is 0 Å². The van der Waals surface area contributed by atoms with Crippen molar-refractivity contribution in [3.8, 4) is 0 Å². The number of carbonyl (C=O) groups is 2. The van der Waals surface area contributed by atoms with Crippen LogP contribution in [0, 0.1) is 5.82 Å². The van der Waals surface area contributed by atoms with E-state index in [0.717, 1.165) is 0 Å². The number of piperazine rings is 1. The van der Waals surface area contributed by atoms with Crippen LogP contribution < -0.4 is 4.90 Å². The van der Waals surface area contributed by atoms with Crippen molar-refractivity contribution in [1.82, 2.24) is 19.6 Å². The number of benzene rings is 1. The summed E-state index contributed by atoms with van der Waals surface area (Å²) in [7, 11) is 1.63. The minimum absolute atomic E-state index is 0.126. The van der Waals surface area contributed by atoms with Gasteiger partial charge < -0.3 is 9.80 Å². The Balaban J connectivity index is 1.57. The third-order valence-electron chi connectivity index (χ3n) is 4.62. The van der Waals surface area contributed by atoms with E-state index >= 15 is 0 Å². The Morgan fingerprint density at radius 3 is 2.54 bits per heavy atom. The fraction of sp³-hybridized carbons (Fsp3) is 0.389. The monoisotopic (exact) mass is 359 g/mol. The lowest BCUT2D eigenvalue weighted by Gasteiger charge is -2.34. The molecule has 1 aromatic carbocycles. The maximum atomic E-state index is 13.8. The molecule has 1 saturated heterocycles. The van der Waals surface area contributed by atoms with E-state index in [-0.39, 0.29) is 17.8 Å². The molecule has 8 heteroatoms. The zero-order chi connectivity index (χ0) is 18.7. The van der Waals surface area contributed by atoms with Crippen molar-refractivity contribution in [2.24, 2.45) is 0 Å². The Labute approximate surface area is 151 Å².